The van der Waals surface area contributed by atoms with Gasteiger partial charge in [-0.05, 0) is 24.7 Å². The highest BCUT2D eigenvalue weighted by molar-refractivity contribution is 5.15. The first-order chi connectivity index (χ1) is 5.24. The van der Waals surface area contributed by atoms with Crippen molar-refractivity contribution in [3.8, 4) is 0 Å². The third kappa shape index (κ3) is 2.21. The van der Waals surface area contributed by atoms with Crippen LogP contribution >= 0.6 is 0 Å². The van der Waals surface area contributed by atoms with E-state index < -0.39 is 0 Å². The van der Waals surface area contributed by atoms with Gasteiger partial charge < -0.3 is 0 Å². The molecule has 1 aliphatic carbocycles. The van der Waals surface area contributed by atoms with E-state index in [1.165, 1.54) is 31.3 Å². The van der Waals surface area contributed by atoms with E-state index in [0.29, 0.717) is 0 Å². The second-order valence-corrected chi connectivity index (χ2v) is 3.74. The van der Waals surface area contributed by atoms with Crippen LogP contribution in [-0.4, -0.2) is 0 Å². The lowest BCUT2D eigenvalue weighted by Crippen LogP contribution is -2.12. The third-order valence-electron chi connectivity index (χ3n) is 2.80. The van der Waals surface area contributed by atoms with Gasteiger partial charge in [0.05, 0.1) is 0 Å². The molecule has 1 saturated carbocycles. The Morgan fingerprint density at radius 2 is 1.82 bits per heavy atom. The van der Waals surface area contributed by atoms with Crippen molar-refractivity contribution in [3.63, 3.8) is 0 Å². The molecule has 0 aliphatic heterocycles. The lowest BCUT2D eigenvalue weighted by atomic mass is 9.80. The molecule has 0 saturated heterocycles. The highest BCUT2D eigenvalue weighted by Crippen LogP contribution is 2.32. The van der Waals surface area contributed by atoms with E-state index in [9.17, 15) is 0 Å². The van der Waals surface area contributed by atoms with Gasteiger partial charge in [-0.15, -0.1) is 0 Å². The summed E-state index contributed by atoms with van der Waals surface area (Å²) in [6.07, 6.45) is 7.31. The molecule has 0 bridgehead atoms. The van der Waals surface area contributed by atoms with Crippen molar-refractivity contribution in [2.75, 3.05) is 0 Å². The number of hydrogen-bond donors (Lipinski definition) is 0. The summed E-state index contributed by atoms with van der Waals surface area (Å²) in [5.41, 5.74) is 1.25. The lowest BCUT2D eigenvalue weighted by Gasteiger charge is -2.26. The fraction of sp³-hybridized carbons (Fsp3) is 0.636. The Morgan fingerprint density at radius 3 is 2.27 bits per heavy atom. The third-order valence-corrected chi connectivity index (χ3v) is 2.80. The van der Waals surface area contributed by atoms with E-state index >= 15 is 0 Å². The summed E-state index contributed by atoms with van der Waals surface area (Å²) in [7, 11) is 0. The molecule has 0 unspecified atom stereocenters. The van der Waals surface area contributed by atoms with Crippen LogP contribution in [0.5, 0.6) is 0 Å². The highest BCUT2D eigenvalue weighted by Gasteiger charge is 2.18. The van der Waals surface area contributed by atoms with Gasteiger partial charge >= 0.3 is 0 Å². The summed E-state index contributed by atoms with van der Waals surface area (Å²) < 4.78 is 0. The summed E-state index contributed by atoms with van der Waals surface area (Å²) in [5.74, 6) is 1.67. The molecule has 0 nitrogen and oxygen atoms in total. The van der Waals surface area contributed by atoms with Gasteiger partial charge in [0.2, 0.25) is 0 Å². The predicted molar refractivity (Wildman–Crippen MR) is 50.5 cm³/mol. The fourth-order valence-electron chi connectivity index (χ4n) is 1.80. The van der Waals surface area contributed by atoms with E-state index in [-0.39, 0.29) is 0 Å². The van der Waals surface area contributed by atoms with E-state index in [2.05, 4.69) is 20.1 Å². The molecule has 0 atom stereocenters. The zero-order valence-corrected chi connectivity index (χ0v) is 7.47. The smallest absolute Gasteiger partial charge is 0.0168 e. The van der Waals surface area contributed by atoms with Gasteiger partial charge in [0.25, 0.3) is 0 Å². The second-order valence-electron chi connectivity index (χ2n) is 3.74. The Bertz CT molecular complexity index is 147. The Balaban J connectivity index is 2.38. The predicted octanol–water partition coefficient (Wildman–Crippen LogP) is 3.55. The molecule has 0 aromatic rings. The van der Waals surface area contributed by atoms with Crippen LogP contribution in [0.25, 0.3) is 0 Å². The van der Waals surface area contributed by atoms with Gasteiger partial charge in [-0.3, -0.25) is 0 Å². The molecule has 0 aromatic heterocycles. The van der Waals surface area contributed by atoms with Crippen LogP contribution in [0.3, 0.4) is 0 Å². The zero-order chi connectivity index (χ0) is 8.27. The maximum Gasteiger partial charge on any atom is -0.0168 e. The van der Waals surface area contributed by atoms with Crippen LogP contribution in [0.1, 0.15) is 32.6 Å². The first-order valence-electron chi connectivity index (χ1n) is 4.55. The molecule has 0 aromatic carbocycles. The maximum atomic E-state index is 4.00. The molecular weight excluding hydrogens is 132 g/mol. The molecule has 1 aliphatic rings. The quantitative estimate of drug-likeness (QED) is 0.528. The molecule has 0 radical (unpaired) electrons. The van der Waals surface area contributed by atoms with Crippen molar-refractivity contribution >= 4 is 0 Å². The molecule has 11 heavy (non-hydrogen) atoms. The first kappa shape index (κ1) is 8.58. The normalized spacial score (nSPS) is 31.4. The van der Waals surface area contributed by atoms with Crippen LogP contribution < -0.4 is 0 Å². The van der Waals surface area contributed by atoms with E-state index in [1.807, 2.05) is 6.08 Å². The average Bonchev–Trinajstić information content (AvgIpc) is 2.05. The molecule has 0 heterocycles. The van der Waals surface area contributed by atoms with Crippen LogP contribution in [0.4, 0.5) is 0 Å². The van der Waals surface area contributed by atoms with Crippen molar-refractivity contribution in [2.45, 2.75) is 32.6 Å². The minimum atomic E-state index is 0.740. The van der Waals surface area contributed by atoms with Crippen LogP contribution in [0, 0.1) is 11.8 Å². The summed E-state index contributed by atoms with van der Waals surface area (Å²) in [5, 5.41) is 0. The first-order valence-corrected chi connectivity index (χ1v) is 4.55. The van der Waals surface area contributed by atoms with Crippen molar-refractivity contribution in [1.82, 2.24) is 0 Å². The molecule has 0 heteroatoms. The van der Waals surface area contributed by atoms with Crippen molar-refractivity contribution in [1.29, 1.82) is 0 Å². The van der Waals surface area contributed by atoms with Gasteiger partial charge in [0.1, 0.15) is 0 Å². The van der Waals surface area contributed by atoms with Crippen LogP contribution in [0.15, 0.2) is 24.8 Å². The summed E-state index contributed by atoms with van der Waals surface area (Å²) in [6, 6.07) is 0. The van der Waals surface area contributed by atoms with E-state index in [1.54, 1.807) is 0 Å². The summed E-state index contributed by atoms with van der Waals surface area (Å²) in [4.78, 5) is 0. The van der Waals surface area contributed by atoms with Gasteiger partial charge in [0.15, 0.2) is 0 Å². The van der Waals surface area contributed by atoms with Gasteiger partial charge in [-0.25, -0.2) is 0 Å². The molecule has 1 rings (SSSR count). The molecule has 62 valence electrons. The summed E-state index contributed by atoms with van der Waals surface area (Å²) >= 11 is 0. The molecule has 0 spiro atoms. The topological polar surface area (TPSA) is 0 Å². The second kappa shape index (κ2) is 3.75. The molecule has 0 N–H and O–H groups in total. The minimum absolute atomic E-state index is 0.740. The van der Waals surface area contributed by atoms with Gasteiger partial charge in [-0.1, -0.05) is 44.6 Å². The highest BCUT2D eigenvalue weighted by atomic mass is 14.2. The Kier molecular flexibility index (Phi) is 2.92. The standard InChI is InChI=1S/C11H18/c1-4-10(3)11-7-5-9(2)6-8-11/h4,9,11H,1,3,5-8H2,2H3. The number of rotatable bonds is 2. The molecular formula is C11H18. The fourth-order valence-corrected chi connectivity index (χ4v) is 1.80. The number of hydrogen-bond acceptors (Lipinski definition) is 0. The van der Waals surface area contributed by atoms with E-state index in [4.69, 9.17) is 0 Å². The van der Waals surface area contributed by atoms with Crippen LogP contribution in [-0.2, 0) is 0 Å². The minimum Gasteiger partial charge on any atom is -0.0988 e. The SMILES string of the molecule is C=CC(=C)C1CCC(C)CC1. The van der Waals surface area contributed by atoms with Crippen molar-refractivity contribution < 1.29 is 0 Å². The number of allylic oxidation sites excluding steroid dienone is 2. The average molecular weight is 150 g/mol. The Hall–Kier alpha value is -0.520. The van der Waals surface area contributed by atoms with E-state index in [0.717, 1.165) is 11.8 Å². The maximum absolute atomic E-state index is 4.00. The zero-order valence-electron chi connectivity index (χ0n) is 7.47. The van der Waals surface area contributed by atoms with Gasteiger partial charge in [-0.2, -0.15) is 0 Å². The molecule has 1 fully saturated rings. The Labute approximate surface area is 70.0 Å². The Morgan fingerprint density at radius 1 is 1.27 bits per heavy atom. The van der Waals surface area contributed by atoms with Crippen LogP contribution in [0.2, 0.25) is 0 Å². The van der Waals surface area contributed by atoms with Crippen molar-refractivity contribution in [3.05, 3.63) is 24.8 Å². The monoisotopic (exact) mass is 150 g/mol. The largest absolute Gasteiger partial charge is 0.0988 e. The lowest BCUT2D eigenvalue weighted by molar-refractivity contribution is 0.324. The van der Waals surface area contributed by atoms with Crippen molar-refractivity contribution in [2.24, 2.45) is 11.8 Å². The van der Waals surface area contributed by atoms with Gasteiger partial charge in [0, 0.05) is 0 Å². The molecule has 0 amide bonds. The summed E-state index contributed by atoms with van der Waals surface area (Å²) in [6.45, 7) is 10.1.